The van der Waals surface area contributed by atoms with Crippen LogP contribution in [0.25, 0.3) is 11.1 Å². The van der Waals surface area contributed by atoms with Gasteiger partial charge in [-0.05, 0) is 44.5 Å². The molecule has 0 aromatic heterocycles. The number of ether oxygens (including phenoxy) is 1. The van der Waals surface area contributed by atoms with Crippen molar-refractivity contribution in [2.24, 2.45) is 0 Å². The molecule has 3 rings (SSSR count). The van der Waals surface area contributed by atoms with Gasteiger partial charge in [0.05, 0.1) is 0 Å². The van der Waals surface area contributed by atoms with Crippen LogP contribution in [0.15, 0.2) is 60.7 Å². The lowest BCUT2D eigenvalue weighted by atomic mass is 10.0. The Hall–Kier alpha value is -3.68. The zero-order chi connectivity index (χ0) is 24.3. The second-order valence-corrected chi connectivity index (χ2v) is 8.25. The van der Waals surface area contributed by atoms with Crippen LogP contribution in [0, 0.1) is 23.3 Å². The van der Waals surface area contributed by atoms with E-state index in [4.69, 9.17) is 4.74 Å². The molecule has 33 heavy (non-hydrogen) atoms. The van der Waals surface area contributed by atoms with Gasteiger partial charge in [-0.25, -0.2) is 17.6 Å². The molecule has 0 saturated heterocycles. The largest absolute Gasteiger partial charge is 0.459 e. The molecule has 3 aromatic rings. The number of nitrogens with zero attached hydrogens (tertiary/aromatic N) is 1. The summed E-state index contributed by atoms with van der Waals surface area (Å²) in [4.78, 5) is 26.4. The van der Waals surface area contributed by atoms with Gasteiger partial charge in [0.2, 0.25) is 0 Å². The van der Waals surface area contributed by atoms with Crippen LogP contribution in [0.2, 0.25) is 0 Å². The van der Waals surface area contributed by atoms with E-state index in [0.29, 0.717) is 17.7 Å². The fourth-order valence-electron chi connectivity index (χ4n) is 3.20. The average Bonchev–Trinajstić information content (AvgIpc) is 2.70. The molecule has 0 aliphatic carbocycles. The molecule has 0 radical (unpaired) electrons. The van der Waals surface area contributed by atoms with Crippen LogP contribution in [-0.2, 0) is 9.53 Å². The standard InChI is InChI=1S/C25H21F4NO3/c1-25(2,3)33-22(31)14-30(24(32)23-20(28)12-16(26)13-21(23)29)17-8-6-7-15(11-17)18-9-4-5-10-19(18)27/h4-13H,14H2,1-3H3. The Morgan fingerprint density at radius 1 is 0.848 bits per heavy atom. The quantitative estimate of drug-likeness (QED) is 0.353. The van der Waals surface area contributed by atoms with Gasteiger partial charge in [0.15, 0.2) is 0 Å². The van der Waals surface area contributed by atoms with Crippen LogP contribution < -0.4 is 4.90 Å². The van der Waals surface area contributed by atoms with E-state index in [9.17, 15) is 27.2 Å². The second-order valence-electron chi connectivity index (χ2n) is 8.25. The first kappa shape index (κ1) is 24.0. The lowest BCUT2D eigenvalue weighted by Gasteiger charge is -2.26. The summed E-state index contributed by atoms with van der Waals surface area (Å²) in [6.45, 7) is 4.17. The Morgan fingerprint density at radius 2 is 1.48 bits per heavy atom. The van der Waals surface area contributed by atoms with Crippen molar-refractivity contribution in [3.05, 3.63) is 89.5 Å². The van der Waals surface area contributed by atoms with Crippen LogP contribution in [0.1, 0.15) is 31.1 Å². The van der Waals surface area contributed by atoms with Gasteiger partial charge in [0.1, 0.15) is 41.0 Å². The van der Waals surface area contributed by atoms with Gasteiger partial charge in [0.25, 0.3) is 5.91 Å². The summed E-state index contributed by atoms with van der Waals surface area (Å²) in [5, 5.41) is 0. The van der Waals surface area contributed by atoms with Gasteiger partial charge >= 0.3 is 5.97 Å². The maximum Gasteiger partial charge on any atom is 0.326 e. The van der Waals surface area contributed by atoms with Crippen molar-refractivity contribution in [2.75, 3.05) is 11.4 Å². The number of esters is 1. The molecule has 0 spiro atoms. The maximum atomic E-state index is 14.4. The Bertz CT molecular complexity index is 1180. The van der Waals surface area contributed by atoms with Crippen LogP contribution in [0.5, 0.6) is 0 Å². The van der Waals surface area contributed by atoms with E-state index < -0.39 is 52.9 Å². The number of amides is 1. The molecular weight excluding hydrogens is 438 g/mol. The minimum atomic E-state index is -1.42. The molecule has 3 aromatic carbocycles. The van der Waals surface area contributed by atoms with Crippen molar-refractivity contribution in [3.8, 4) is 11.1 Å². The third-order valence-corrected chi connectivity index (χ3v) is 4.52. The van der Waals surface area contributed by atoms with Crippen LogP contribution in [0.3, 0.4) is 0 Å². The number of hydrogen-bond donors (Lipinski definition) is 0. The van der Waals surface area contributed by atoms with E-state index in [1.165, 1.54) is 36.4 Å². The molecular formula is C25H21F4NO3. The number of carbonyl (C=O) groups excluding carboxylic acids is 2. The Balaban J connectivity index is 2.08. The number of hydrogen-bond acceptors (Lipinski definition) is 3. The third kappa shape index (κ3) is 5.77. The number of benzene rings is 3. The van der Waals surface area contributed by atoms with Gasteiger partial charge in [-0.2, -0.15) is 0 Å². The molecule has 0 aliphatic heterocycles. The third-order valence-electron chi connectivity index (χ3n) is 4.52. The summed E-state index contributed by atoms with van der Waals surface area (Å²) in [5.41, 5.74) is -1.26. The second kappa shape index (κ2) is 9.44. The Morgan fingerprint density at radius 3 is 2.09 bits per heavy atom. The average molecular weight is 459 g/mol. The first-order valence-corrected chi connectivity index (χ1v) is 9.99. The highest BCUT2D eigenvalue weighted by molar-refractivity contribution is 6.09. The number of halogens is 4. The fraction of sp³-hybridized carbons (Fsp3) is 0.200. The molecule has 0 heterocycles. The highest BCUT2D eigenvalue weighted by Gasteiger charge is 2.29. The van der Waals surface area contributed by atoms with Crippen molar-refractivity contribution in [1.29, 1.82) is 0 Å². The van der Waals surface area contributed by atoms with Gasteiger partial charge in [-0.3, -0.25) is 14.5 Å². The molecule has 172 valence electrons. The highest BCUT2D eigenvalue weighted by atomic mass is 19.1. The van der Waals surface area contributed by atoms with E-state index in [1.54, 1.807) is 32.9 Å². The number of rotatable bonds is 5. The number of anilines is 1. The van der Waals surface area contributed by atoms with Crippen LogP contribution in [0.4, 0.5) is 23.2 Å². The first-order valence-electron chi connectivity index (χ1n) is 9.99. The molecule has 0 aliphatic rings. The van der Waals surface area contributed by atoms with Gasteiger partial charge < -0.3 is 4.74 Å². The monoisotopic (exact) mass is 459 g/mol. The summed E-state index contributed by atoms with van der Waals surface area (Å²) in [6.07, 6.45) is 0. The normalized spacial score (nSPS) is 11.2. The SMILES string of the molecule is CC(C)(C)OC(=O)CN(C(=O)c1c(F)cc(F)cc1F)c1cccc(-c2ccccc2F)c1. The van der Waals surface area contributed by atoms with E-state index in [-0.39, 0.29) is 11.3 Å². The van der Waals surface area contributed by atoms with Crippen molar-refractivity contribution >= 4 is 17.6 Å². The lowest BCUT2D eigenvalue weighted by Crippen LogP contribution is -2.39. The summed E-state index contributed by atoms with van der Waals surface area (Å²) in [7, 11) is 0. The lowest BCUT2D eigenvalue weighted by molar-refractivity contribution is -0.152. The highest BCUT2D eigenvalue weighted by Crippen LogP contribution is 2.29. The summed E-state index contributed by atoms with van der Waals surface area (Å²) >= 11 is 0. The molecule has 8 heteroatoms. The minimum absolute atomic E-state index is 0.0646. The molecule has 0 fully saturated rings. The van der Waals surface area contributed by atoms with Crippen molar-refractivity contribution in [2.45, 2.75) is 26.4 Å². The van der Waals surface area contributed by atoms with E-state index >= 15 is 0 Å². The summed E-state index contributed by atoms with van der Waals surface area (Å²) in [6, 6.07) is 12.6. The molecule has 0 unspecified atom stereocenters. The molecule has 4 nitrogen and oxygen atoms in total. The predicted molar refractivity (Wildman–Crippen MR) is 116 cm³/mol. The van der Waals surface area contributed by atoms with E-state index in [0.717, 1.165) is 4.90 Å². The molecule has 0 N–H and O–H groups in total. The smallest absolute Gasteiger partial charge is 0.326 e. The van der Waals surface area contributed by atoms with Gasteiger partial charge in [-0.1, -0.05) is 30.3 Å². The summed E-state index contributed by atoms with van der Waals surface area (Å²) in [5.74, 6) is -6.61. The topological polar surface area (TPSA) is 46.6 Å². The number of carbonyl (C=O) groups is 2. The van der Waals surface area contributed by atoms with E-state index in [1.807, 2.05) is 0 Å². The predicted octanol–water partition coefficient (Wildman–Crippen LogP) is 5.90. The van der Waals surface area contributed by atoms with Crippen molar-refractivity contribution in [1.82, 2.24) is 0 Å². The maximum absolute atomic E-state index is 14.4. The Kier molecular flexibility index (Phi) is 6.86. The molecule has 1 amide bonds. The molecule has 0 atom stereocenters. The van der Waals surface area contributed by atoms with Gasteiger partial charge in [-0.15, -0.1) is 0 Å². The van der Waals surface area contributed by atoms with Crippen molar-refractivity contribution in [3.63, 3.8) is 0 Å². The van der Waals surface area contributed by atoms with Crippen molar-refractivity contribution < 1.29 is 31.9 Å². The van der Waals surface area contributed by atoms with Gasteiger partial charge in [0, 0.05) is 23.4 Å². The van der Waals surface area contributed by atoms with E-state index in [2.05, 4.69) is 0 Å². The first-order chi connectivity index (χ1) is 15.5. The molecule has 0 saturated carbocycles. The zero-order valence-corrected chi connectivity index (χ0v) is 18.2. The fourth-order valence-corrected chi connectivity index (χ4v) is 3.20. The molecule has 0 bridgehead atoms. The summed E-state index contributed by atoms with van der Waals surface area (Å²) < 4.78 is 61.6. The minimum Gasteiger partial charge on any atom is -0.459 e. The van der Waals surface area contributed by atoms with Crippen LogP contribution >= 0.6 is 0 Å². The zero-order valence-electron chi connectivity index (χ0n) is 18.2. The Labute approximate surface area is 188 Å². The van der Waals surface area contributed by atoms with Crippen LogP contribution in [-0.4, -0.2) is 24.0 Å².